The third-order valence-electron chi connectivity index (χ3n) is 6.18. The Kier molecular flexibility index (Phi) is 11.2. The zero-order valence-electron chi connectivity index (χ0n) is 22.6. The summed E-state index contributed by atoms with van der Waals surface area (Å²) in [4.78, 5) is 28.0. The fraction of sp³-hybridized carbons (Fsp3) is 0.310. The normalized spacial score (nSPS) is 11.9. The summed E-state index contributed by atoms with van der Waals surface area (Å²) >= 11 is 12.8. The van der Waals surface area contributed by atoms with E-state index in [-0.39, 0.29) is 18.1 Å². The Balaban J connectivity index is 1.88. The van der Waals surface area contributed by atoms with E-state index in [1.54, 1.807) is 56.3 Å². The maximum Gasteiger partial charge on any atom is 0.244 e. The number of ether oxygens (including phenoxy) is 1. The van der Waals surface area contributed by atoms with Crippen molar-refractivity contribution in [1.82, 2.24) is 10.2 Å². The third-order valence-corrected chi connectivity index (χ3v) is 8.03. The molecule has 0 fully saturated rings. The number of likely N-dealkylation sites (N-methyl/N-ethyl adjacent to an activating group) is 1. The van der Waals surface area contributed by atoms with Gasteiger partial charge in [-0.1, -0.05) is 66.5 Å². The first-order valence-electron chi connectivity index (χ1n) is 12.8. The van der Waals surface area contributed by atoms with Crippen LogP contribution in [0, 0.1) is 0 Å². The second kappa shape index (κ2) is 14.4. The second-order valence-corrected chi connectivity index (χ2v) is 11.8. The average Bonchev–Trinajstić information content (AvgIpc) is 2.92. The van der Waals surface area contributed by atoms with Crippen molar-refractivity contribution in [3.05, 3.63) is 94.0 Å². The molecule has 1 atom stereocenters. The molecule has 8 nitrogen and oxygen atoms in total. The predicted molar refractivity (Wildman–Crippen MR) is 159 cm³/mol. The molecule has 2 amide bonds. The van der Waals surface area contributed by atoms with Gasteiger partial charge in [0.15, 0.2) is 0 Å². The Morgan fingerprint density at radius 2 is 1.55 bits per heavy atom. The van der Waals surface area contributed by atoms with E-state index in [0.717, 1.165) is 16.1 Å². The number of rotatable bonds is 13. The van der Waals surface area contributed by atoms with E-state index >= 15 is 0 Å². The molecule has 0 spiro atoms. The molecule has 1 N–H and O–H groups in total. The molecule has 214 valence electrons. The summed E-state index contributed by atoms with van der Waals surface area (Å²) in [6.45, 7) is 3.68. The number of nitrogens with zero attached hydrogens (tertiary/aromatic N) is 2. The number of carbonyl (C=O) groups excluding carboxylic acids is 2. The van der Waals surface area contributed by atoms with Crippen molar-refractivity contribution in [3.8, 4) is 5.75 Å². The van der Waals surface area contributed by atoms with Crippen LogP contribution < -0.4 is 14.4 Å². The SMILES string of the molecule is CCNC(=O)[C@H](CC)N(Cc1c(Cl)cccc1Cl)C(=O)CN(c1ccc(OCc2ccccc2)cc1)S(C)(=O)=O. The Hall–Kier alpha value is -3.27. The van der Waals surface area contributed by atoms with Crippen LogP contribution in [-0.2, 0) is 32.8 Å². The van der Waals surface area contributed by atoms with Gasteiger partial charge in [0.1, 0.15) is 24.9 Å². The minimum atomic E-state index is -3.87. The lowest BCUT2D eigenvalue weighted by Gasteiger charge is -2.33. The van der Waals surface area contributed by atoms with Gasteiger partial charge in [0.2, 0.25) is 21.8 Å². The number of sulfonamides is 1. The monoisotopic (exact) mass is 605 g/mol. The summed E-state index contributed by atoms with van der Waals surface area (Å²) in [5.41, 5.74) is 1.74. The Bertz CT molecular complexity index is 1380. The van der Waals surface area contributed by atoms with Crippen LogP contribution >= 0.6 is 23.2 Å². The highest BCUT2D eigenvalue weighted by molar-refractivity contribution is 7.92. The second-order valence-electron chi connectivity index (χ2n) is 9.08. The standard InChI is InChI=1S/C29H33Cl2N3O5S/c1-4-27(29(36)32-5-2)33(18-24-25(30)12-9-13-26(24)31)28(35)19-34(40(3,37)38)22-14-16-23(17-15-22)39-20-21-10-7-6-8-11-21/h6-17,27H,4-5,18-20H2,1-3H3,(H,32,36)/t27-/m0/s1. The van der Waals surface area contributed by atoms with E-state index in [0.29, 0.717) is 40.9 Å². The van der Waals surface area contributed by atoms with Gasteiger partial charge in [0.05, 0.1) is 11.9 Å². The van der Waals surface area contributed by atoms with E-state index in [2.05, 4.69) is 5.32 Å². The van der Waals surface area contributed by atoms with Crippen LogP contribution in [-0.4, -0.2) is 50.5 Å². The lowest BCUT2D eigenvalue weighted by atomic mass is 10.1. The topological polar surface area (TPSA) is 96.0 Å². The molecule has 3 aromatic carbocycles. The van der Waals surface area contributed by atoms with E-state index < -0.39 is 28.5 Å². The maximum atomic E-state index is 13.8. The van der Waals surface area contributed by atoms with Crippen LogP contribution in [0.25, 0.3) is 0 Å². The Morgan fingerprint density at radius 1 is 0.925 bits per heavy atom. The van der Waals surface area contributed by atoms with Crippen molar-refractivity contribution in [2.45, 2.75) is 39.5 Å². The number of amides is 2. The molecular weight excluding hydrogens is 573 g/mol. The third kappa shape index (κ3) is 8.36. The van der Waals surface area contributed by atoms with Crippen molar-refractivity contribution in [3.63, 3.8) is 0 Å². The number of hydrogen-bond acceptors (Lipinski definition) is 5. The molecule has 0 heterocycles. The fourth-order valence-corrected chi connectivity index (χ4v) is 5.50. The number of anilines is 1. The highest BCUT2D eigenvalue weighted by Gasteiger charge is 2.32. The van der Waals surface area contributed by atoms with Crippen molar-refractivity contribution in [2.75, 3.05) is 23.7 Å². The lowest BCUT2D eigenvalue weighted by molar-refractivity contribution is -0.140. The van der Waals surface area contributed by atoms with Gasteiger partial charge >= 0.3 is 0 Å². The number of hydrogen-bond donors (Lipinski definition) is 1. The molecule has 0 bridgehead atoms. The molecule has 0 aliphatic rings. The van der Waals surface area contributed by atoms with Crippen LogP contribution in [0.3, 0.4) is 0 Å². The van der Waals surface area contributed by atoms with Gasteiger partial charge in [-0.15, -0.1) is 0 Å². The molecule has 0 aromatic heterocycles. The first-order valence-corrected chi connectivity index (χ1v) is 15.4. The van der Waals surface area contributed by atoms with Gasteiger partial charge in [-0.3, -0.25) is 13.9 Å². The smallest absolute Gasteiger partial charge is 0.244 e. The molecule has 0 radical (unpaired) electrons. The summed E-state index contributed by atoms with van der Waals surface area (Å²) in [6.07, 6.45) is 1.32. The molecular formula is C29H33Cl2N3O5S. The first kappa shape index (κ1) is 31.3. The largest absolute Gasteiger partial charge is 0.489 e. The fourth-order valence-electron chi connectivity index (χ4n) is 4.13. The van der Waals surface area contributed by atoms with Gasteiger partial charge in [0.25, 0.3) is 0 Å². The lowest BCUT2D eigenvalue weighted by Crippen LogP contribution is -2.52. The van der Waals surface area contributed by atoms with Crippen molar-refractivity contribution in [1.29, 1.82) is 0 Å². The van der Waals surface area contributed by atoms with Gasteiger partial charge in [-0.2, -0.15) is 0 Å². The molecule has 0 aliphatic carbocycles. The van der Waals surface area contributed by atoms with Gasteiger partial charge in [0, 0.05) is 28.7 Å². The van der Waals surface area contributed by atoms with Crippen LogP contribution in [0.2, 0.25) is 10.0 Å². The predicted octanol–water partition coefficient (Wildman–Crippen LogP) is 5.28. The quantitative estimate of drug-likeness (QED) is 0.286. The molecule has 0 aliphatic heterocycles. The molecule has 0 saturated carbocycles. The zero-order chi connectivity index (χ0) is 29.3. The Morgan fingerprint density at radius 3 is 2.10 bits per heavy atom. The molecule has 0 saturated heterocycles. The molecule has 11 heteroatoms. The summed E-state index contributed by atoms with van der Waals surface area (Å²) in [5.74, 6) is -0.388. The number of halogens is 2. The highest BCUT2D eigenvalue weighted by Crippen LogP contribution is 2.28. The van der Waals surface area contributed by atoms with Gasteiger partial charge in [-0.05, 0) is 55.3 Å². The van der Waals surface area contributed by atoms with Gasteiger partial charge in [-0.25, -0.2) is 8.42 Å². The number of carbonyl (C=O) groups is 2. The average molecular weight is 607 g/mol. The van der Waals surface area contributed by atoms with Crippen LogP contribution in [0.4, 0.5) is 5.69 Å². The van der Waals surface area contributed by atoms with E-state index in [9.17, 15) is 18.0 Å². The number of nitrogens with one attached hydrogen (secondary N) is 1. The minimum absolute atomic E-state index is 0.0726. The summed E-state index contributed by atoms with van der Waals surface area (Å²) < 4.78 is 32.5. The highest BCUT2D eigenvalue weighted by atomic mass is 35.5. The van der Waals surface area contributed by atoms with Crippen LogP contribution in [0.1, 0.15) is 31.4 Å². The molecule has 0 unspecified atom stereocenters. The maximum absolute atomic E-state index is 13.8. The van der Waals surface area contributed by atoms with E-state index in [1.165, 1.54) is 4.90 Å². The minimum Gasteiger partial charge on any atom is -0.489 e. The molecule has 3 aromatic rings. The summed E-state index contributed by atoms with van der Waals surface area (Å²) in [6, 6.07) is 20.2. The van der Waals surface area contributed by atoms with E-state index in [1.807, 2.05) is 30.3 Å². The molecule has 3 rings (SSSR count). The van der Waals surface area contributed by atoms with Crippen molar-refractivity contribution >= 4 is 50.7 Å². The summed E-state index contributed by atoms with van der Waals surface area (Å²) in [5, 5.41) is 3.42. The van der Waals surface area contributed by atoms with Crippen LogP contribution in [0.15, 0.2) is 72.8 Å². The molecule has 40 heavy (non-hydrogen) atoms. The summed E-state index contributed by atoms with van der Waals surface area (Å²) in [7, 11) is -3.87. The van der Waals surface area contributed by atoms with Gasteiger partial charge < -0.3 is 15.0 Å². The zero-order valence-corrected chi connectivity index (χ0v) is 25.0. The first-order chi connectivity index (χ1) is 19.0. The Labute approximate surface area is 245 Å². The van der Waals surface area contributed by atoms with Crippen molar-refractivity contribution in [2.24, 2.45) is 0 Å². The number of benzene rings is 3. The van der Waals surface area contributed by atoms with Crippen molar-refractivity contribution < 1.29 is 22.7 Å². The van der Waals surface area contributed by atoms with E-state index in [4.69, 9.17) is 27.9 Å². The van der Waals surface area contributed by atoms with Crippen LogP contribution in [0.5, 0.6) is 5.75 Å².